The molecule has 0 radical (unpaired) electrons. The molecule has 2 aromatic rings. The van der Waals surface area contributed by atoms with Crippen molar-refractivity contribution in [3.63, 3.8) is 0 Å². The lowest BCUT2D eigenvalue weighted by Crippen LogP contribution is -2.46. The Morgan fingerprint density at radius 3 is 2.85 bits per heavy atom. The average molecular weight is 379 g/mol. The predicted octanol–water partition coefficient (Wildman–Crippen LogP) is -2.07. The molecule has 1 atom stereocenters. The van der Waals surface area contributed by atoms with Gasteiger partial charge in [0.05, 0.1) is 26.3 Å². The Bertz CT molecular complexity index is 947. The number of methoxy groups -OCH3 is 1. The molecule has 3 heterocycles. The van der Waals surface area contributed by atoms with Crippen LogP contribution in [0.25, 0.3) is 0 Å². The summed E-state index contributed by atoms with van der Waals surface area (Å²) in [7, 11) is 4.40. The van der Waals surface area contributed by atoms with E-state index in [4.69, 9.17) is 9.47 Å². The second-order valence-corrected chi connectivity index (χ2v) is 6.12. The zero-order valence-corrected chi connectivity index (χ0v) is 15.4. The summed E-state index contributed by atoms with van der Waals surface area (Å²) in [5.74, 6) is -0.0613. The third-order valence-corrected chi connectivity index (χ3v) is 4.35. The first kappa shape index (κ1) is 18.9. The molecule has 1 saturated heterocycles. The molecule has 27 heavy (non-hydrogen) atoms. The van der Waals surface area contributed by atoms with Gasteiger partial charge in [-0.05, 0) is 5.21 Å². The van der Waals surface area contributed by atoms with E-state index in [1.54, 1.807) is 7.11 Å². The summed E-state index contributed by atoms with van der Waals surface area (Å²) in [6.07, 6.45) is -0.539. The van der Waals surface area contributed by atoms with Gasteiger partial charge in [-0.3, -0.25) is 18.7 Å². The largest absolute Gasteiger partial charge is 0.383 e. The lowest BCUT2D eigenvalue weighted by molar-refractivity contribution is -0.0273. The molecule has 146 valence electrons. The van der Waals surface area contributed by atoms with Crippen molar-refractivity contribution in [2.24, 2.45) is 14.1 Å². The lowest BCUT2D eigenvalue weighted by atomic mass is 10.2. The molecule has 0 aromatic carbocycles. The van der Waals surface area contributed by atoms with Gasteiger partial charge in [0.15, 0.2) is 0 Å². The second kappa shape index (κ2) is 7.80. The standard InChI is InChI=1S/C15H21N7O5/c1-19-10(8-12(23)20(2)15(19)25)14(24)21-4-7-27-11(9-21)13-16-18-22(17-13)5-6-26-3/h8,11H,4-7,9H2,1-3H3. The third-order valence-electron chi connectivity index (χ3n) is 4.35. The van der Waals surface area contributed by atoms with E-state index in [0.717, 1.165) is 15.2 Å². The Morgan fingerprint density at radius 2 is 2.11 bits per heavy atom. The number of aromatic nitrogens is 6. The normalized spacial score (nSPS) is 17.3. The number of rotatable bonds is 5. The summed E-state index contributed by atoms with van der Waals surface area (Å²) in [6, 6.07) is 1.16. The highest BCUT2D eigenvalue weighted by atomic mass is 16.5. The molecule has 1 amide bonds. The van der Waals surface area contributed by atoms with Crippen LogP contribution in [0.3, 0.4) is 0 Å². The Balaban J connectivity index is 1.78. The van der Waals surface area contributed by atoms with Crippen LogP contribution in [0.2, 0.25) is 0 Å². The summed E-state index contributed by atoms with van der Waals surface area (Å²) in [4.78, 5) is 39.7. The van der Waals surface area contributed by atoms with Gasteiger partial charge < -0.3 is 14.4 Å². The highest BCUT2D eigenvalue weighted by Crippen LogP contribution is 2.19. The van der Waals surface area contributed by atoms with Gasteiger partial charge in [-0.2, -0.15) is 4.80 Å². The number of tetrazole rings is 1. The van der Waals surface area contributed by atoms with Crippen LogP contribution < -0.4 is 11.2 Å². The summed E-state index contributed by atoms with van der Waals surface area (Å²) in [5.41, 5.74) is -1.06. The van der Waals surface area contributed by atoms with Crippen molar-refractivity contribution >= 4 is 5.91 Å². The van der Waals surface area contributed by atoms with Crippen molar-refractivity contribution in [3.05, 3.63) is 38.4 Å². The zero-order chi connectivity index (χ0) is 19.6. The van der Waals surface area contributed by atoms with Crippen molar-refractivity contribution in [2.45, 2.75) is 12.6 Å². The maximum absolute atomic E-state index is 12.8. The number of ether oxygens (including phenoxy) is 2. The molecule has 1 unspecified atom stereocenters. The van der Waals surface area contributed by atoms with E-state index >= 15 is 0 Å². The van der Waals surface area contributed by atoms with Gasteiger partial charge in [-0.1, -0.05) is 0 Å². The molecule has 1 aliphatic rings. The molecule has 0 bridgehead atoms. The van der Waals surface area contributed by atoms with Crippen molar-refractivity contribution in [3.8, 4) is 0 Å². The van der Waals surface area contributed by atoms with Gasteiger partial charge in [-0.25, -0.2) is 4.79 Å². The molecule has 0 aliphatic carbocycles. The number of nitrogens with zero attached hydrogens (tertiary/aromatic N) is 7. The van der Waals surface area contributed by atoms with Gasteiger partial charge in [0.1, 0.15) is 11.8 Å². The van der Waals surface area contributed by atoms with Gasteiger partial charge in [0, 0.05) is 33.8 Å². The highest BCUT2D eigenvalue weighted by Gasteiger charge is 2.30. The van der Waals surface area contributed by atoms with E-state index in [-0.39, 0.29) is 18.8 Å². The molecule has 1 aliphatic heterocycles. The van der Waals surface area contributed by atoms with Crippen LogP contribution in [0.1, 0.15) is 22.4 Å². The molecule has 3 rings (SSSR count). The molecular formula is C15H21N7O5. The van der Waals surface area contributed by atoms with Gasteiger partial charge >= 0.3 is 5.69 Å². The number of amides is 1. The summed E-state index contributed by atoms with van der Waals surface area (Å²) in [6.45, 7) is 1.70. The molecular weight excluding hydrogens is 358 g/mol. The monoisotopic (exact) mass is 379 g/mol. The number of carbonyl (C=O) groups excluding carboxylic acids is 1. The smallest absolute Gasteiger partial charge is 0.331 e. The second-order valence-electron chi connectivity index (χ2n) is 6.12. The van der Waals surface area contributed by atoms with Gasteiger partial charge in [0.25, 0.3) is 11.5 Å². The summed E-state index contributed by atoms with van der Waals surface area (Å²) >= 11 is 0. The number of morpholine rings is 1. The molecule has 2 aromatic heterocycles. The van der Waals surface area contributed by atoms with Crippen LogP contribution in [0, 0.1) is 0 Å². The molecule has 0 N–H and O–H groups in total. The minimum atomic E-state index is -0.557. The van der Waals surface area contributed by atoms with Crippen LogP contribution in [0.5, 0.6) is 0 Å². The van der Waals surface area contributed by atoms with Crippen LogP contribution in [0.15, 0.2) is 15.7 Å². The fourth-order valence-corrected chi connectivity index (χ4v) is 2.74. The van der Waals surface area contributed by atoms with Crippen molar-refractivity contribution in [2.75, 3.05) is 33.4 Å². The number of hydrogen-bond acceptors (Lipinski definition) is 8. The fraction of sp³-hybridized carbons (Fsp3) is 0.600. The highest BCUT2D eigenvalue weighted by molar-refractivity contribution is 5.92. The van der Waals surface area contributed by atoms with Gasteiger partial charge in [-0.15, -0.1) is 10.2 Å². The summed E-state index contributed by atoms with van der Waals surface area (Å²) < 4.78 is 12.7. The zero-order valence-electron chi connectivity index (χ0n) is 15.4. The Labute approximate surface area is 153 Å². The minimum absolute atomic E-state index is 0.0282. The maximum atomic E-state index is 12.8. The van der Waals surface area contributed by atoms with Crippen LogP contribution in [0.4, 0.5) is 0 Å². The van der Waals surface area contributed by atoms with Crippen LogP contribution >= 0.6 is 0 Å². The average Bonchev–Trinajstić information content (AvgIpc) is 3.16. The number of hydrogen-bond donors (Lipinski definition) is 0. The Kier molecular flexibility index (Phi) is 5.46. The topological polar surface area (TPSA) is 126 Å². The quantitative estimate of drug-likeness (QED) is 0.580. The number of carbonyl (C=O) groups is 1. The van der Waals surface area contributed by atoms with E-state index < -0.39 is 23.3 Å². The van der Waals surface area contributed by atoms with Crippen molar-refractivity contribution in [1.82, 2.24) is 34.2 Å². The third kappa shape index (κ3) is 3.80. The molecule has 0 spiro atoms. The van der Waals surface area contributed by atoms with E-state index in [2.05, 4.69) is 15.4 Å². The first-order chi connectivity index (χ1) is 12.9. The fourth-order valence-electron chi connectivity index (χ4n) is 2.74. The summed E-state index contributed by atoms with van der Waals surface area (Å²) in [5, 5.41) is 12.1. The maximum Gasteiger partial charge on any atom is 0.331 e. The van der Waals surface area contributed by atoms with Crippen LogP contribution in [-0.2, 0) is 30.1 Å². The molecule has 12 heteroatoms. The molecule has 12 nitrogen and oxygen atoms in total. The Hall–Kier alpha value is -2.86. The Morgan fingerprint density at radius 1 is 1.33 bits per heavy atom. The van der Waals surface area contributed by atoms with E-state index in [9.17, 15) is 14.4 Å². The van der Waals surface area contributed by atoms with E-state index in [0.29, 0.717) is 25.5 Å². The SMILES string of the molecule is COCCn1nnc(C2CN(C(=O)c3cc(=O)n(C)c(=O)n3C)CCO2)n1. The predicted molar refractivity (Wildman–Crippen MR) is 91.2 cm³/mol. The van der Waals surface area contributed by atoms with Crippen LogP contribution in [-0.4, -0.2) is 73.6 Å². The lowest BCUT2D eigenvalue weighted by Gasteiger charge is -2.31. The minimum Gasteiger partial charge on any atom is -0.383 e. The van der Waals surface area contributed by atoms with Gasteiger partial charge in [0.2, 0.25) is 5.82 Å². The van der Waals surface area contributed by atoms with Crippen molar-refractivity contribution < 1.29 is 14.3 Å². The molecule has 0 saturated carbocycles. The van der Waals surface area contributed by atoms with E-state index in [1.165, 1.54) is 23.8 Å². The first-order valence-electron chi connectivity index (χ1n) is 8.37. The first-order valence-corrected chi connectivity index (χ1v) is 8.37. The van der Waals surface area contributed by atoms with E-state index in [1.807, 2.05) is 0 Å². The molecule has 1 fully saturated rings. The van der Waals surface area contributed by atoms with Crippen molar-refractivity contribution in [1.29, 1.82) is 0 Å².